The molecule has 0 aromatic heterocycles. The van der Waals surface area contributed by atoms with E-state index >= 15 is 0 Å². The second kappa shape index (κ2) is 5.98. The molecule has 1 saturated carbocycles. The van der Waals surface area contributed by atoms with Gasteiger partial charge >= 0.3 is 14.4 Å². The standard InChI is InChI=1S/C9H14F3O4P/c10-9(11,12)7-3-1-6(2-4-7)8(13)5-16-17(14)15/h6-7,17H,1-5H2,(H,14,15). The lowest BCUT2D eigenvalue weighted by Crippen LogP contribution is -2.31. The lowest BCUT2D eigenvalue weighted by Gasteiger charge is -2.28. The number of halogens is 3. The Balaban J connectivity index is 2.36. The van der Waals surface area contributed by atoms with Gasteiger partial charge in [0.25, 0.3) is 0 Å². The molecule has 0 spiro atoms. The molecule has 0 aliphatic heterocycles. The molecule has 0 heterocycles. The van der Waals surface area contributed by atoms with Gasteiger partial charge in [-0.1, -0.05) is 0 Å². The van der Waals surface area contributed by atoms with Gasteiger partial charge in [-0.15, -0.1) is 0 Å². The largest absolute Gasteiger partial charge is 0.391 e. The SMILES string of the molecule is O=C(CO[PH](=O)O)C1CCC(C(F)(F)F)CC1. The van der Waals surface area contributed by atoms with Gasteiger partial charge < -0.3 is 9.42 Å². The summed E-state index contributed by atoms with van der Waals surface area (Å²) in [4.78, 5) is 19.8. The van der Waals surface area contributed by atoms with Crippen molar-refractivity contribution in [2.45, 2.75) is 31.9 Å². The monoisotopic (exact) mass is 274 g/mol. The molecule has 8 heteroatoms. The van der Waals surface area contributed by atoms with Crippen LogP contribution in [-0.4, -0.2) is 23.5 Å². The van der Waals surface area contributed by atoms with E-state index in [-0.39, 0.29) is 25.7 Å². The van der Waals surface area contributed by atoms with Crippen molar-refractivity contribution in [3.8, 4) is 0 Å². The highest BCUT2D eigenvalue weighted by Crippen LogP contribution is 2.39. The van der Waals surface area contributed by atoms with Crippen LogP contribution in [0.15, 0.2) is 0 Å². The van der Waals surface area contributed by atoms with Crippen molar-refractivity contribution in [1.82, 2.24) is 0 Å². The maximum atomic E-state index is 12.3. The van der Waals surface area contributed by atoms with Gasteiger partial charge in [0.05, 0.1) is 5.92 Å². The van der Waals surface area contributed by atoms with Gasteiger partial charge in [-0.25, -0.2) is 0 Å². The van der Waals surface area contributed by atoms with Crippen LogP contribution in [0, 0.1) is 11.8 Å². The van der Waals surface area contributed by atoms with Crippen LogP contribution in [-0.2, 0) is 13.9 Å². The van der Waals surface area contributed by atoms with Crippen LogP contribution in [0.4, 0.5) is 13.2 Å². The number of Topliss-reactive ketones (excluding diaryl/α,β-unsaturated/α-hetero) is 1. The molecule has 1 atom stereocenters. The maximum absolute atomic E-state index is 12.3. The van der Waals surface area contributed by atoms with Crippen LogP contribution in [0.3, 0.4) is 0 Å². The summed E-state index contributed by atoms with van der Waals surface area (Å²) in [6.07, 6.45) is -3.99. The molecule has 0 radical (unpaired) electrons. The van der Waals surface area contributed by atoms with E-state index in [1.807, 2.05) is 0 Å². The fourth-order valence-corrected chi connectivity index (χ4v) is 2.26. The van der Waals surface area contributed by atoms with Crippen molar-refractivity contribution in [1.29, 1.82) is 0 Å². The lowest BCUT2D eigenvalue weighted by atomic mass is 9.80. The Morgan fingerprint density at radius 1 is 1.29 bits per heavy atom. The van der Waals surface area contributed by atoms with Gasteiger partial charge in [-0.3, -0.25) is 9.36 Å². The molecule has 0 amide bonds. The summed E-state index contributed by atoms with van der Waals surface area (Å²) in [6.45, 7) is -0.490. The molecule has 1 unspecified atom stereocenters. The van der Waals surface area contributed by atoms with Crippen LogP contribution in [0.1, 0.15) is 25.7 Å². The zero-order valence-electron chi connectivity index (χ0n) is 9.00. The highest BCUT2D eigenvalue weighted by Gasteiger charge is 2.42. The number of hydrogen-bond acceptors (Lipinski definition) is 3. The van der Waals surface area contributed by atoms with Crippen molar-refractivity contribution in [2.24, 2.45) is 11.8 Å². The third-order valence-electron chi connectivity index (χ3n) is 2.98. The average molecular weight is 274 g/mol. The lowest BCUT2D eigenvalue weighted by molar-refractivity contribution is -0.184. The van der Waals surface area contributed by atoms with Crippen LogP contribution in [0.2, 0.25) is 0 Å². The topological polar surface area (TPSA) is 63.6 Å². The van der Waals surface area contributed by atoms with Crippen LogP contribution >= 0.6 is 8.25 Å². The summed E-state index contributed by atoms with van der Waals surface area (Å²) in [5.41, 5.74) is 0. The molecule has 1 rings (SSSR count). The Hall–Kier alpha value is -0.390. The van der Waals surface area contributed by atoms with E-state index in [1.54, 1.807) is 0 Å². The van der Waals surface area contributed by atoms with Gasteiger partial charge in [-0.05, 0) is 25.7 Å². The van der Waals surface area contributed by atoms with Crippen LogP contribution < -0.4 is 0 Å². The molecule has 1 aliphatic carbocycles. The summed E-state index contributed by atoms with van der Waals surface area (Å²) in [5.74, 6) is -2.20. The maximum Gasteiger partial charge on any atom is 0.391 e. The van der Waals surface area contributed by atoms with Crippen molar-refractivity contribution in [2.75, 3.05) is 6.61 Å². The number of carbonyl (C=O) groups is 1. The molecule has 1 fully saturated rings. The van der Waals surface area contributed by atoms with Crippen molar-refractivity contribution < 1.29 is 31.9 Å². The Labute approximate surface area is 97.1 Å². The first-order valence-electron chi connectivity index (χ1n) is 5.26. The van der Waals surface area contributed by atoms with E-state index in [0.29, 0.717) is 0 Å². The van der Waals surface area contributed by atoms with E-state index in [9.17, 15) is 22.5 Å². The zero-order chi connectivity index (χ0) is 13.1. The number of rotatable bonds is 4. The smallest absolute Gasteiger partial charge is 0.326 e. The number of ketones is 1. The summed E-state index contributed by atoms with van der Waals surface area (Å²) in [7, 11) is -3.15. The number of hydrogen-bond donors (Lipinski definition) is 1. The van der Waals surface area contributed by atoms with E-state index < -0.39 is 38.7 Å². The number of alkyl halides is 3. The summed E-state index contributed by atoms with van der Waals surface area (Å²) in [5, 5.41) is 0. The van der Waals surface area contributed by atoms with E-state index in [0.717, 1.165) is 0 Å². The minimum absolute atomic E-state index is 0.0613. The fourth-order valence-electron chi connectivity index (χ4n) is 1.99. The van der Waals surface area contributed by atoms with Crippen LogP contribution in [0.25, 0.3) is 0 Å². The first-order chi connectivity index (χ1) is 7.80. The molecule has 100 valence electrons. The molecule has 4 nitrogen and oxygen atoms in total. The highest BCUT2D eigenvalue weighted by molar-refractivity contribution is 7.32. The van der Waals surface area contributed by atoms with Gasteiger partial charge in [0, 0.05) is 5.92 Å². The average Bonchev–Trinajstić information content (AvgIpc) is 2.25. The minimum atomic E-state index is -4.19. The predicted octanol–water partition coefficient (Wildman–Crippen LogP) is 2.32. The van der Waals surface area contributed by atoms with Crippen LogP contribution in [0.5, 0.6) is 0 Å². The third-order valence-corrected chi connectivity index (χ3v) is 3.37. The zero-order valence-corrected chi connectivity index (χ0v) is 10.00. The quantitative estimate of drug-likeness (QED) is 0.799. The van der Waals surface area contributed by atoms with E-state index in [1.165, 1.54) is 0 Å². The first-order valence-corrected chi connectivity index (χ1v) is 6.52. The molecule has 1 N–H and O–H groups in total. The van der Waals surface area contributed by atoms with E-state index in [2.05, 4.69) is 4.52 Å². The summed E-state index contributed by atoms with van der Waals surface area (Å²) in [6, 6.07) is 0. The van der Waals surface area contributed by atoms with Gasteiger partial charge in [-0.2, -0.15) is 13.2 Å². The first kappa shape index (κ1) is 14.7. The van der Waals surface area contributed by atoms with Gasteiger partial charge in [0.2, 0.25) is 0 Å². The summed E-state index contributed by atoms with van der Waals surface area (Å²) >= 11 is 0. The van der Waals surface area contributed by atoms with Crippen molar-refractivity contribution >= 4 is 14.0 Å². The Morgan fingerprint density at radius 2 is 1.82 bits per heavy atom. The predicted molar refractivity (Wildman–Crippen MR) is 53.7 cm³/mol. The molecule has 0 saturated heterocycles. The second-order valence-electron chi connectivity index (χ2n) is 4.11. The molecule has 0 bridgehead atoms. The van der Waals surface area contributed by atoms with Crippen molar-refractivity contribution in [3.63, 3.8) is 0 Å². The third kappa shape index (κ3) is 4.77. The molecular formula is C9H14F3O4P. The fraction of sp³-hybridized carbons (Fsp3) is 0.889. The van der Waals surface area contributed by atoms with Crippen molar-refractivity contribution in [3.05, 3.63) is 0 Å². The van der Waals surface area contributed by atoms with Gasteiger partial charge in [0.15, 0.2) is 5.78 Å². The molecule has 0 aromatic rings. The Kier molecular flexibility index (Phi) is 5.16. The van der Waals surface area contributed by atoms with E-state index in [4.69, 9.17) is 4.89 Å². The highest BCUT2D eigenvalue weighted by atomic mass is 31.1. The van der Waals surface area contributed by atoms with Gasteiger partial charge in [0.1, 0.15) is 6.61 Å². The Morgan fingerprint density at radius 3 is 2.24 bits per heavy atom. The second-order valence-corrected chi connectivity index (χ2v) is 4.93. The number of carbonyl (C=O) groups excluding carboxylic acids is 1. The molecular weight excluding hydrogens is 260 g/mol. The molecule has 1 aliphatic rings. The Bertz CT molecular complexity index is 297. The normalized spacial score (nSPS) is 27.8. The molecule has 0 aromatic carbocycles. The minimum Gasteiger partial charge on any atom is -0.326 e. The molecule has 17 heavy (non-hydrogen) atoms. The summed E-state index contributed by atoms with van der Waals surface area (Å²) < 4.78 is 51.5.